The van der Waals surface area contributed by atoms with Gasteiger partial charge in [-0.1, -0.05) is 19.3 Å². The van der Waals surface area contributed by atoms with Crippen molar-refractivity contribution in [1.29, 1.82) is 0 Å². The zero-order valence-electron chi connectivity index (χ0n) is 13.0. The molecule has 0 radical (unpaired) electrons. The smallest absolute Gasteiger partial charge is 0.265 e. The fourth-order valence-corrected chi connectivity index (χ4v) is 3.56. The van der Waals surface area contributed by atoms with Crippen LogP contribution in [0.5, 0.6) is 0 Å². The molecular formula is C15H21N3O4S. The fraction of sp³-hybridized carbons (Fsp3) is 0.533. The monoisotopic (exact) mass is 339 g/mol. The third kappa shape index (κ3) is 4.75. The van der Waals surface area contributed by atoms with Crippen molar-refractivity contribution in [3.63, 3.8) is 0 Å². The molecule has 0 unspecified atom stereocenters. The highest BCUT2D eigenvalue weighted by Crippen LogP contribution is 2.23. The molecule has 1 fully saturated rings. The third-order valence-electron chi connectivity index (χ3n) is 3.91. The Morgan fingerprint density at radius 2 is 1.96 bits per heavy atom. The number of amides is 2. The topological polar surface area (TPSA) is 105 Å². The van der Waals surface area contributed by atoms with Crippen LogP contribution in [0.25, 0.3) is 0 Å². The molecule has 126 valence electrons. The second-order valence-corrected chi connectivity index (χ2v) is 7.41. The molecule has 1 aromatic heterocycles. The maximum Gasteiger partial charge on any atom is 0.265 e. The van der Waals surface area contributed by atoms with Gasteiger partial charge in [0.15, 0.2) is 0 Å². The first-order valence-corrected chi connectivity index (χ1v) is 9.15. The molecule has 23 heavy (non-hydrogen) atoms. The van der Waals surface area contributed by atoms with E-state index in [2.05, 4.69) is 10.3 Å². The van der Waals surface area contributed by atoms with Gasteiger partial charge in [0.2, 0.25) is 5.91 Å². The van der Waals surface area contributed by atoms with Crippen LogP contribution >= 0.6 is 0 Å². The summed E-state index contributed by atoms with van der Waals surface area (Å²) in [4.78, 5) is 27.7. The molecule has 2 rings (SSSR count). The minimum atomic E-state index is -3.98. The minimum absolute atomic E-state index is 0.0890. The van der Waals surface area contributed by atoms with Crippen LogP contribution in [0.2, 0.25) is 0 Å². The number of sulfonamides is 1. The predicted octanol–water partition coefficient (Wildman–Crippen LogP) is 0.971. The van der Waals surface area contributed by atoms with Crippen LogP contribution in [-0.4, -0.2) is 31.3 Å². The standard InChI is InChI=1S/C15H21N3O4S/c1-11(17-15(20)12-6-3-2-4-7-12)14(19)18-23(21,22)13-8-5-9-16-10-13/h5,8-12H,2-4,6-7H2,1H3,(H,17,20)(H,18,19)/t11-/m1/s1. The Bertz CT molecular complexity index is 655. The number of nitrogens with one attached hydrogen (secondary N) is 2. The highest BCUT2D eigenvalue weighted by molar-refractivity contribution is 7.90. The number of hydrogen-bond donors (Lipinski definition) is 2. The Kier molecular flexibility index (Phi) is 5.70. The summed E-state index contributed by atoms with van der Waals surface area (Å²) in [5.41, 5.74) is 0. The number of rotatable bonds is 5. The van der Waals surface area contributed by atoms with Gasteiger partial charge in [-0.05, 0) is 31.9 Å². The number of aromatic nitrogens is 1. The molecule has 0 aromatic carbocycles. The van der Waals surface area contributed by atoms with Gasteiger partial charge in [-0.25, -0.2) is 13.1 Å². The average Bonchev–Trinajstić information content (AvgIpc) is 2.56. The molecule has 1 aliphatic rings. The van der Waals surface area contributed by atoms with Gasteiger partial charge in [0.25, 0.3) is 15.9 Å². The molecule has 1 aromatic rings. The molecule has 0 saturated heterocycles. The van der Waals surface area contributed by atoms with Crippen LogP contribution in [0.3, 0.4) is 0 Å². The number of hydrogen-bond acceptors (Lipinski definition) is 5. The molecule has 0 aliphatic heterocycles. The van der Waals surface area contributed by atoms with Gasteiger partial charge in [-0.15, -0.1) is 0 Å². The molecule has 2 N–H and O–H groups in total. The summed E-state index contributed by atoms with van der Waals surface area (Å²) in [5.74, 6) is -1.04. The van der Waals surface area contributed by atoms with Crippen LogP contribution < -0.4 is 10.0 Å². The fourth-order valence-electron chi connectivity index (χ4n) is 2.55. The second-order valence-electron chi connectivity index (χ2n) is 5.72. The quantitative estimate of drug-likeness (QED) is 0.831. The Hall–Kier alpha value is -1.96. The molecule has 0 bridgehead atoms. The molecule has 1 saturated carbocycles. The molecule has 2 amide bonds. The van der Waals surface area contributed by atoms with Crippen LogP contribution in [0.4, 0.5) is 0 Å². The van der Waals surface area contributed by atoms with Crippen molar-refractivity contribution in [1.82, 2.24) is 15.0 Å². The van der Waals surface area contributed by atoms with Crippen LogP contribution in [-0.2, 0) is 19.6 Å². The van der Waals surface area contributed by atoms with Gasteiger partial charge in [-0.3, -0.25) is 14.6 Å². The summed E-state index contributed by atoms with van der Waals surface area (Å²) in [7, 11) is -3.98. The highest BCUT2D eigenvalue weighted by Gasteiger charge is 2.26. The molecule has 1 heterocycles. The SMILES string of the molecule is C[C@@H](NC(=O)C1CCCCC1)C(=O)NS(=O)(=O)c1cccnc1. The average molecular weight is 339 g/mol. The lowest BCUT2D eigenvalue weighted by Gasteiger charge is -2.22. The number of nitrogens with zero attached hydrogens (tertiary/aromatic N) is 1. The molecular weight excluding hydrogens is 318 g/mol. The van der Waals surface area contributed by atoms with Crippen LogP contribution in [0, 0.1) is 5.92 Å². The summed E-state index contributed by atoms with van der Waals surface area (Å²) in [6, 6.07) is 1.89. The predicted molar refractivity (Wildman–Crippen MR) is 83.7 cm³/mol. The van der Waals surface area contributed by atoms with Gasteiger partial charge in [0, 0.05) is 18.3 Å². The third-order valence-corrected chi connectivity index (χ3v) is 5.24. The maximum atomic E-state index is 12.1. The number of carbonyl (C=O) groups is 2. The van der Waals surface area contributed by atoms with Crippen molar-refractivity contribution < 1.29 is 18.0 Å². The normalized spacial score (nSPS) is 17.3. The molecule has 1 atom stereocenters. The van der Waals surface area contributed by atoms with Crippen LogP contribution in [0.1, 0.15) is 39.0 Å². The van der Waals surface area contributed by atoms with E-state index in [-0.39, 0.29) is 16.7 Å². The summed E-state index contributed by atoms with van der Waals surface area (Å²) in [6.45, 7) is 1.47. The molecule has 1 aliphatic carbocycles. The first-order valence-electron chi connectivity index (χ1n) is 7.67. The van der Waals surface area contributed by atoms with Gasteiger partial charge in [-0.2, -0.15) is 0 Å². The lowest BCUT2D eigenvalue weighted by Crippen LogP contribution is -2.48. The maximum absolute atomic E-state index is 12.1. The van der Waals surface area contributed by atoms with E-state index in [1.165, 1.54) is 25.3 Å². The van der Waals surface area contributed by atoms with E-state index in [4.69, 9.17) is 0 Å². The number of carbonyl (C=O) groups excluding carboxylic acids is 2. The zero-order chi connectivity index (χ0) is 16.9. The Balaban J connectivity index is 1.93. The van der Waals surface area contributed by atoms with Crippen molar-refractivity contribution in [2.75, 3.05) is 0 Å². The van der Waals surface area contributed by atoms with E-state index in [0.717, 1.165) is 38.3 Å². The van der Waals surface area contributed by atoms with Crippen molar-refractivity contribution in [2.45, 2.75) is 50.0 Å². The van der Waals surface area contributed by atoms with Gasteiger partial charge in [0.1, 0.15) is 10.9 Å². The largest absolute Gasteiger partial charge is 0.344 e. The first-order chi connectivity index (χ1) is 10.9. The summed E-state index contributed by atoms with van der Waals surface area (Å²) in [6.07, 6.45) is 7.36. The summed E-state index contributed by atoms with van der Waals surface area (Å²) < 4.78 is 26.1. The Morgan fingerprint density at radius 3 is 2.57 bits per heavy atom. The van der Waals surface area contributed by atoms with E-state index in [0.29, 0.717) is 0 Å². The second kappa shape index (κ2) is 7.54. The van der Waals surface area contributed by atoms with Crippen molar-refractivity contribution >= 4 is 21.8 Å². The van der Waals surface area contributed by atoms with Crippen molar-refractivity contribution in [3.8, 4) is 0 Å². The summed E-state index contributed by atoms with van der Waals surface area (Å²) in [5, 5.41) is 2.59. The Morgan fingerprint density at radius 1 is 1.26 bits per heavy atom. The lowest BCUT2D eigenvalue weighted by molar-refractivity contribution is -0.130. The van der Waals surface area contributed by atoms with Crippen molar-refractivity contribution in [2.24, 2.45) is 5.92 Å². The lowest BCUT2D eigenvalue weighted by atomic mass is 9.88. The van der Waals surface area contributed by atoms with E-state index in [1.54, 1.807) is 0 Å². The molecule has 8 heteroatoms. The first kappa shape index (κ1) is 17.4. The van der Waals surface area contributed by atoms with Gasteiger partial charge < -0.3 is 5.32 Å². The van der Waals surface area contributed by atoms with E-state index in [1.807, 2.05) is 4.72 Å². The molecule has 0 spiro atoms. The Labute approximate surface area is 135 Å². The van der Waals surface area contributed by atoms with E-state index < -0.39 is 22.0 Å². The van der Waals surface area contributed by atoms with Crippen LogP contribution in [0.15, 0.2) is 29.4 Å². The minimum Gasteiger partial charge on any atom is -0.344 e. The number of pyridine rings is 1. The van der Waals surface area contributed by atoms with E-state index >= 15 is 0 Å². The summed E-state index contributed by atoms with van der Waals surface area (Å²) >= 11 is 0. The van der Waals surface area contributed by atoms with Gasteiger partial charge in [0.05, 0.1) is 0 Å². The van der Waals surface area contributed by atoms with Gasteiger partial charge >= 0.3 is 0 Å². The highest BCUT2D eigenvalue weighted by atomic mass is 32.2. The van der Waals surface area contributed by atoms with E-state index in [9.17, 15) is 18.0 Å². The molecule has 7 nitrogen and oxygen atoms in total. The van der Waals surface area contributed by atoms with Crippen molar-refractivity contribution in [3.05, 3.63) is 24.5 Å². The zero-order valence-corrected chi connectivity index (χ0v) is 13.8.